The Bertz CT molecular complexity index is 1300. The molecule has 1 amide bonds. The summed E-state index contributed by atoms with van der Waals surface area (Å²) in [4.78, 5) is 12.7. The fourth-order valence-electron chi connectivity index (χ4n) is 4.48. The maximum absolute atomic E-state index is 12.7. The normalized spacial score (nSPS) is 17.4. The zero-order valence-electron chi connectivity index (χ0n) is 19.6. The van der Waals surface area contributed by atoms with Gasteiger partial charge in [-0.3, -0.25) is 14.6 Å². The van der Waals surface area contributed by atoms with Crippen molar-refractivity contribution in [1.29, 1.82) is 0 Å². The Morgan fingerprint density at radius 1 is 1.20 bits per heavy atom. The maximum Gasteiger partial charge on any atom is 0.275 e. The van der Waals surface area contributed by atoms with Gasteiger partial charge in [-0.05, 0) is 37.0 Å². The molecule has 10 nitrogen and oxygen atoms in total. The molecule has 0 unspecified atom stereocenters. The zero-order chi connectivity index (χ0) is 24.2. The van der Waals surface area contributed by atoms with Crippen LogP contribution in [-0.4, -0.2) is 49.3 Å². The van der Waals surface area contributed by atoms with Gasteiger partial charge in [-0.15, -0.1) is 5.10 Å². The number of anilines is 1. The van der Waals surface area contributed by atoms with Crippen LogP contribution in [0.4, 0.5) is 5.82 Å². The number of aromatic amines is 1. The first kappa shape index (κ1) is 22.7. The van der Waals surface area contributed by atoms with Crippen molar-refractivity contribution in [2.45, 2.75) is 37.9 Å². The van der Waals surface area contributed by atoms with Gasteiger partial charge in [-0.1, -0.05) is 30.3 Å². The monoisotopic (exact) mass is 473 g/mol. The van der Waals surface area contributed by atoms with Crippen LogP contribution in [0.2, 0.25) is 0 Å². The third kappa shape index (κ3) is 5.07. The van der Waals surface area contributed by atoms with Crippen molar-refractivity contribution >= 4 is 11.7 Å². The second-order valence-corrected chi connectivity index (χ2v) is 8.61. The highest BCUT2D eigenvalue weighted by atomic mass is 16.5. The van der Waals surface area contributed by atoms with E-state index in [1.54, 1.807) is 26.4 Å². The third-order valence-corrected chi connectivity index (χ3v) is 6.17. The smallest absolute Gasteiger partial charge is 0.275 e. The Morgan fingerprint density at radius 3 is 2.89 bits per heavy atom. The number of carbonyl (C=O) groups excluding carboxylic acids is 1. The fourth-order valence-corrected chi connectivity index (χ4v) is 4.48. The van der Waals surface area contributed by atoms with Crippen LogP contribution in [0, 0.1) is 0 Å². The molecular formula is C25H27N7O3. The minimum absolute atomic E-state index is 0.0224. The van der Waals surface area contributed by atoms with Crippen molar-refractivity contribution in [3.63, 3.8) is 0 Å². The highest BCUT2D eigenvalue weighted by molar-refractivity contribution is 6.02. The minimum Gasteiger partial charge on any atom is -0.473 e. The van der Waals surface area contributed by atoms with E-state index < -0.39 is 0 Å². The molecule has 0 radical (unpaired) electrons. The lowest BCUT2D eigenvalue weighted by atomic mass is 10.0. The van der Waals surface area contributed by atoms with Crippen LogP contribution in [0.1, 0.15) is 47.1 Å². The van der Waals surface area contributed by atoms with Gasteiger partial charge in [0.2, 0.25) is 5.88 Å². The lowest BCUT2D eigenvalue weighted by Crippen LogP contribution is -2.16. The van der Waals surface area contributed by atoms with E-state index in [-0.39, 0.29) is 17.9 Å². The molecule has 3 aromatic heterocycles. The van der Waals surface area contributed by atoms with Gasteiger partial charge in [0, 0.05) is 37.4 Å². The van der Waals surface area contributed by atoms with Gasteiger partial charge in [0.05, 0.1) is 18.5 Å². The molecule has 1 saturated carbocycles. The summed E-state index contributed by atoms with van der Waals surface area (Å²) in [6, 6.07) is 15.6. The molecule has 35 heavy (non-hydrogen) atoms. The number of nitrogens with zero attached hydrogens (tertiary/aromatic N) is 5. The quantitative estimate of drug-likeness (QED) is 0.400. The third-order valence-electron chi connectivity index (χ3n) is 6.17. The van der Waals surface area contributed by atoms with Crippen molar-refractivity contribution < 1.29 is 14.3 Å². The molecule has 3 heterocycles. The number of nitrogens with one attached hydrogen (secondary N) is 2. The van der Waals surface area contributed by atoms with E-state index in [1.807, 2.05) is 42.5 Å². The Labute approximate surface area is 202 Å². The second-order valence-electron chi connectivity index (χ2n) is 8.61. The first-order valence-corrected chi connectivity index (χ1v) is 11.5. The molecule has 0 aliphatic heterocycles. The molecule has 5 rings (SSSR count). The average molecular weight is 474 g/mol. The summed E-state index contributed by atoms with van der Waals surface area (Å²) in [7, 11) is 3.32. The maximum atomic E-state index is 12.7. The van der Waals surface area contributed by atoms with Crippen LogP contribution in [-0.2, 0) is 18.4 Å². The van der Waals surface area contributed by atoms with Gasteiger partial charge in [0.25, 0.3) is 5.91 Å². The summed E-state index contributed by atoms with van der Waals surface area (Å²) in [5.41, 5.74) is 4.08. The number of hydrogen-bond acceptors (Lipinski definition) is 7. The summed E-state index contributed by atoms with van der Waals surface area (Å²) < 4.78 is 12.9. The van der Waals surface area contributed by atoms with E-state index in [4.69, 9.17) is 9.47 Å². The van der Waals surface area contributed by atoms with Crippen molar-refractivity contribution in [2.24, 2.45) is 7.05 Å². The highest BCUT2D eigenvalue weighted by Gasteiger charge is 2.30. The van der Waals surface area contributed by atoms with Crippen LogP contribution < -0.4 is 10.1 Å². The molecule has 0 saturated heterocycles. The molecular weight excluding hydrogens is 446 g/mol. The number of aryl methyl sites for hydroxylation is 1. The molecule has 10 heteroatoms. The summed E-state index contributed by atoms with van der Waals surface area (Å²) >= 11 is 0. The number of hydrogen-bond donors (Lipinski definition) is 2. The van der Waals surface area contributed by atoms with Gasteiger partial charge < -0.3 is 14.8 Å². The topological polar surface area (TPSA) is 120 Å². The van der Waals surface area contributed by atoms with Crippen molar-refractivity contribution in [3.8, 4) is 17.0 Å². The molecule has 2 N–H and O–H groups in total. The Morgan fingerprint density at radius 2 is 2.06 bits per heavy atom. The number of carbonyl (C=O) groups is 1. The molecule has 0 spiro atoms. The summed E-state index contributed by atoms with van der Waals surface area (Å²) in [5, 5.41) is 22.8. The Balaban J connectivity index is 1.22. The van der Waals surface area contributed by atoms with Crippen LogP contribution in [0.5, 0.6) is 5.88 Å². The SMILES string of the molecule is COCc1cc(C(=O)Nc2cc([C@H]3CC[C@@H](Oc4nnccc4-c4ccccc4)C3)[nH]n2)n(C)n1. The van der Waals surface area contributed by atoms with Crippen LogP contribution in [0.3, 0.4) is 0 Å². The second kappa shape index (κ2) is 10.1. The van der Waals surface area contributed by atoms with E-state index in [0.29, 0.717) is 29.7 Å². The van der Waals surface area contributed by atoms with E-state index >= 15 is 0 Å². The summed E-state index contributed by atoms with van der Waals surface area (Å²) in [6.45, 7) is 0.347. The predicted octanol–water partition coefficient (Wildman–Crippen LogP) is 3.71. The standard InChI is InChI=1S/C25H27N7O3/c1-32-22(13-18(31-32)15-34-2)24(33)27-23-14-21(28-29-23)17-8-9-19(12-17)35-25-20(10-11-26-30-25)16-6-4-3-5-7-16/h3-7,10-11,13-14,17,19H,8-9,12,15H2,1-2H3,(H2,27,28,29,33)/t17-,19+/m0/s1. The van der Waals surface area contributed by atoms with Gasteiger partial charge in [-0.25, -0.2) is 0 Å². The fraction of sp³-hybridized carbons (Fsp3) is 0.320. The number of aromatic nitrogens is 6. The molecule has 2 atom stereocenters. The van der Waals surface area contributed by atoms with Crippen LogP contribution in [0.25, 0.3) is 11.1 Å². The number of methoxy groups -OCH3 is 1. The Hall–Kier alpha value is -4.05. The minimum atomic E-state index is -0.274. The lowest BCUT2D eigenvalue weighted by molar-refractivity contribution is 0.101. The summed E-state index contributed by atoms with van der Waals surface area (Å²) in [6.07, 6.45) is 4.37. The van der Waals surface area contributed by atoms with Gasteiger partial charge in [0.1, 0.15) is 11.8 Å². The molecule has 1 aliphatic carbocycles. The van der Waals surface area contributed by atoms with E-state index in [2.05, 4.69) is 30.8 Å². The zero-order valence-corrected chi connectivity index (χ0v) is 19.6. The van der Waals surface area contributed by atoms with Gasteiger partial charge >= 0.3 is 0 Å². The van der Waals surface area contributed by atoms with Crippen molar-refractivity contribution in [2.75, 3.05) is 12.4 Å². The molecule has 4 aromatic rings. The molecule has 1 fully saturated rings. The molecule has 1 aliphatic rings. The first-order chi connectivity index (χ1) is 17.1. The van der Waals surface area contributed by atoms with Crippen molar-refractivity contribution in [1.82, 2.24) is 30.2 Å². The van der Waals surface area contributed by atoms with Gasteiger partial charge in [0.15, 0.2) is 5.82 Å². The van der Waals surface area contributed by atoms with Crippen molar-refractivity contribution in [3.05, 3.63) is 71.8 Å². The molecule has 0 bridgehead atoms. The number of rotatable bonds is 8. The first-order valence-electron chi connectivity index (χ1n) is 11.5. The number of H-pyrrole nitrogens is 1. The van der Waals surface area contributed by atoms with Crippen LogP contribution in [0.15, 0.2) is 54.7 Å². The van der Waals surface area contributed by atoms with Gasteiger partial charge in [-0.2, -0.15) is 15.3 Å². The number of ether oxygens (including phenoxy) is 2. The average Bonchev–Trinajstić information content (AvgIpc) is 3.61. The van der Waals surface area contributed by atoms with E-state index in [9.17, 15) is 4.79 Å². The number of amides is 1. The number of benzene rings is 1. The lowest BCUT2D eigenvalue weighted by Gasteiger charge is -2.15. The van der Waals surface area contributed by atoms with Crippen LogP contribution >= 0.6 is 0 Å². The summed E-state index contributed by atoms with van der Waals surface area (Å²) in [5.74, 6) is 0.999. The molecule has 1 aromatic carbocycles. The Kier molecular flexibility index (Phi) is 6.53. The highest BCUT2D eigenvalue weighted by Crippen LogP contribution is 2.37. The largest absolute Gasteiger partial charge is 0.473 e. The molecule has 180 valence electrons. The predicted molar refractivity (Wildman–Crippen MR) is 129 cm³/mol. The van der Waals surface area contributed by atoms with E-state index in [1.165, 1.54) is 4.68 Å². The van der Waals surface area contributed by atoms with E-state index in [0.717, 1.165) is 36.1 Å².